The summed E-state index contributed by atoms with van der Waals surface area (Å²) < 4.78 is 1.95. The molecule has 6 nitrogen and oxygen atoms in total. The molecule has 24 heavy (non-hydrogen) atoms. The lowest BCUT2D eigenvalue weighted by atomic mass is 9.83. The third-order valence-electron chi connectivity index (χ3n) is 5.84. The summed E-state index contributed by atoms with van der Waals surface area (Å²) in [6.07, 6.45) is 8.25. The van der Waals surface area contributed by atoms with E-state index in [1.54, 1.807) is 0 Å². The van der Waals surface area contributed by atoms with Gasteiger partial charge in [0.05, 0.1) is 11.7 Å². The van der Waals surface area contributed by atoms with Crippen LogP contribution < -0.4 is 10.6 Å². The lowest BCUT2D eigenvalue weighted by Gasteiger charge is -2.27. The van der Waals surface area contributed by atoms with Gasteiger partial charge in [0, 0.05) is 6.54 Å². The van der Waals surface area contributed by atoms with Gasteiger partial charge in [-0.2, -0.15) is 0 Å². The molecule has 2 heterocycles. The molecule has 2 N–H and O–H groups in total. The number of carbonyl (C=O) groups excluding carboxylic acids is 1. The van der Waals surface area contributed by atoms with Crippen molar-refractivity contribution in [3.63, 3.8) is 0 Å². The maximum atomic E-state index is 12.5. The molecule has 7 heteroatoms. The molecule has 1 saturated carbocycles. The number of piperidine rings is 1. The molecule has 3 rings (SSSR count). The molecular weight excluding hydrogens is 326 g/mol. The number of aromatic nitrogens is 3. The molecule has 1 saturated heterocycles. The van der Waals surface area contributed by atoms with Gasteiger partial charge in [0.25, 0.3) is 5.91 Å². The van der Waals surface area contributed by atoms with Crippen LogP contribution in [0.5, 0.6) is 0 Å². The van der Waals surface area contributed by atoms with E-state index in [0.29, 0.717) is 17.2 Å². The van der Waals surface area contributed by atoms with Gasteiger partial charge in [-0.05, 0) is 57.5 Å². The number of nitrogens with one attached hydrogen (secondary N) is 2. The van der Waals surface area contributed by atoms with E-state index in [2.05, 4.69) is 27.9 Å². The number of hydrogen-bond acceptors (Lipinski definition) is 4. The van der Waals surface area contributed by atoms with Gasteiger partial charge in [-0.3, -0.25) is 4.79 Å². The Morgan fingerprint density at radius 1 is 1.33 bits per heavy atom. The standard InChI is InChI=1S/C17H29N5O.ClH/c1-3-17(8-4-5-9-17)12-19-16(23)15-13(2)22(21-20-15)14-6-10-18-11-7-14;/h14,18H,3-12H2,1-2H3,(H,19,23);1H. The monoisotopic (exact) mass is 355 g/mol. The highest BCUT2D eigenvalue weighted by Gasteiger charge is 2.33. The molecule has 1 aromatic rings. The van der Waals surface area contributed by atoms with Crippen LogP contribution in [0.1, 0.15) is 74.1 Å². The zero-order valence-electron chi connectivity index (χ0n) is 14.8. The second-order valence-corrected chi connectivity index (χ2v) is 7.19. The summed E-state index contributed by atoms with van der Waals surface area (Å²) in [7, 11) is 0. The van der Waals surface area contributed by atoms with E-state index in [-0.39, 0.29) is 18.3 Å². The average molecular weight is 356 g/mol. The molecule has 1 aliphatic heterocycles. The lowest BCUT2D eigenvalue weighted by molar-refractivity contribution is 0.0923. The lowest BCUT2D eigenvalue weighted by Crippen LogP contribution is -2.36. The van der Waals surface area contributed by atoms with Crippen molar-refractivity contribution in [2.45, 2.75) is 64.8 Å². The van der Waals surface area contributed by atoms with E-state index in [4.69, 9.17) is 0 Å². The van der Waals surface area contributed by atoms with E-state index < -0.39 is 0 Å². The molecule has 2 aliphatic rings. The summed E-state index contributed by atoms with van der Waals surface area (Å²) in [4.78, 5) is 12.5. The maximum absolute atomic E-state index is 12.5. The number of halogens is 1. The molecule has 136 valence electrons. The minimum atomic E-state index is -0.0672. The van der Waals surface area contributed by atoms with Crippen molar-refractivity contribution in [3.05, 3.63) is 11.4 Å². The van der Waals surface area contributed by atoms with Crippen LogP contribution >= 0.6 is 12.4 Å². The summed E-state index contributed by atoms with van der Waals surface area (Å²) in [5.74, 6) is -0.0672. The Morgan fingerprint density at radius 2 is 2.00 bits per heavy atom. The fourth-order valence-electron chi connectivity index (χ4n) is 4.08. The quantitative estimate of drug-likeness (QED) is 0.851. The minimum absolute atomic E-state index is 0. The summed E-state index contributed by atoms with van der Waals surface area (Å²) in [5, 5.41) is 14.9. The number of amides is 1. The molecule has 1 aliphatic carbocycles. The number of hydrogen-bond donors (Lipinski definition) is 2. The first-order valence-corrected chi connectivity index (χ1v) is 9.06. The summed E-state index contributed by atoms with van der Waals surface area (Å²) in [6, 6.07) is 0.363. The first-order valence-electron chi connectivity index (χ1n) is 9.06. The number of nitrogens with zero attached hydrogens (tertiary/aromatic N) is 3. The molecule has 0 aromatic carbocycles. The fraction of sp³-hybridized carbons (Fsp3) is 0.824. The van der Waals surface area contributed by atoms with Crippen LogP contribution in [-0.4, -0.2) is 40.5 Å². The predicted molar refractivity (Wildman–Crippen MR) is 96.7 cm³/mol. The minimum Gasteiger partial charge on any atom is -0.350 e. The van der Waals surface area contributed by atoms with Gasteiger partial charge in [0.1, 0.15) is 0 Å². The Balaban J connectivity index is 0.00000208. The SMILES string of the molecule is CCC1(CNC(=O)c2nnn(C3CCNCC3)c2C)CCCC1.Cl. The smallest absolute Gasteiger partial charge is 0.273 e. The van der Waals surface area contributed by atoms with Crippen molar-refractivity contribution < 1.29 is 4.79 Å². The van der Waals surface area contributed by atoms with E-state index in [1.165, 1.54) is 25.7 Å². The highest BCUT2D eigenvalue weighted by atomic mass is 35.5. The van der Waals surface area contributed by atoms with E-state index in [9.17, 15) is 4.79 Å². The van der Waals surface area contributed by atoms with Crippen LogP contribution in [-0.2, 0) is 0 Å². The van der Waals surface area contributed by atoms with Gasteiger partial charge in [0.2, 0.25) is 0 Å². The molecule has 2 fully saturated rings. The Kier molecular flexibility index (Phi) is 6.63. The second kappa shape index (κ2) is 8.30. The largest absolute Gasteiger partial charge is 0.350 e. The van der Waals surface area contributed by atoms with Crippen molar-refractivity contribution in [2.75, 3.05) is 19.6 Å². The van der Waals surface area contributed by atoms with Gasteiger partial charge in [-0.25, -0.2) is 4.68 Å². The highest BCUT2D eigenvalue weighted by molar-refractivity contribution is 5.93. The van der Waals surface area contributed by atoms with Crippen LogP contribution in [0.2, 0.25) is 0 Å². The Bertz CT molecular complexity index is 547. The first-order chi connectivity index (χ1) is 11.2. The third-order valence-corrected chi connectivity index (χ3v) is 5.84. The first kappa shape index (κ1) is 19.2. The van der Waals surface area contributed by atoms with Gasteiger partial charge < -0.3 is 10.6 Å². The average Bonchev–Trinajstić information content (AvgIpc) is 3.21. The van der Waals surface area contributed by atoms with Crippen LogP contribution in [0.4, 0.5) is 0 Å². The summed E-state index contributed by atoms with van der Waals surface area (Å²) in [5.41, 5.74) is 1.69. The van der Waals surface area contributed by atoms with Gasteiger partial charge in [-0.1, -0.05) is 25.0 Å². The van der Waals surface area contributed by atoms with Crippen molar-refractivity contribution in [1.82, 2.24) is 25.6 Å². The Hall–Kier alpha value is -1.14. The van der Waals surface area contributed by atoms with Crippen molar-refractivity contribution in [3.8, 4) is 0 Å². The summed E-state index contributed by atoms with van der Waals surface area (Å²) >= 11 is 0. The second-order valence-electron chi connectivity index (χ2n) is 7.19. The zero-order valence-corrected chi connectivity index (χ0v) is 15.6. The third kappa shape index (κ3) is 3.91. The fourth-order valence-corrected chi connectivity index (χ4v) is 4.08. The zero-order chi connectivity index (χ0) is 16.3. The Morgan fingerprint density at radius 3 is 2.62 bits per heavy atom. The Labute approximate surface area is 150 Å². The maximum Gasteiger partial charge on any atom is 0.273 e. The number of carbonyl (C=O) groups is 1. The number of rotatable bonds is 5. The van der Waals surface area contributed by atoms with Gasteiger partial charge in [0.15, 0.2) is 5.69 Å². The van der Waals surface area contributed by atoms with Crippen LogP contribution in [0.25, 0.3) is 0 Å². The van der Waals surface area contributed by atoms with Crippen LogP contribution in [0.15, 0.2) is 0 Å². The van der Waals surface area contributed by atoms with Crippen molar-refractivity contribution in [2.24, 2.45) is 5.41 Å². The van der Waals surface area contributed by atoms with Crippen LogP contribution in [0.3, 0.4) is 0 Å². The molecule has 0 atom stereocenters. The molecule has 0 unspecified atom stereocenters. The summed E-state index contributed by atoms with van der Waals surface area (Å²) in [6.45, 7) is 6.97. The van der Waals surface area contributed by atoms with Gasteiger partial charge in [-0.15, -0.1) is 17.5 Å². The predicted octanol–water partition coefficient (Wildman–Crippen LogP) is 2.63. The molecule has 0 spiro atoms. The molecule has 0 bridgehead atoms. The van der Waals surface area contributed by atoms with Crippen molar-refractivity contribution in [1.29, 1.82) is 0 Å². The van der Waals surface area contributed by atoms with Crippen molar-refractivity contribution >= 4 is 18.3 Å². The van der Waals surface area contributed by atoms with E-state index in [1.807, 2.05) is 11.6 Å². The molecule has 1 aromatic heterocycles. The molecular formula is C17H30ClN5O. The van der Waals surface area contributed by atoms with E-state index in [0.717, 1.165) is 44.6 Å². The molecule has 0 radical (unpaired) electrons. The van der Waals surface area contributed by atoms with E-state index >= 15 is 0 Å². The molecule has 1 amide bonds. The van der Waals surface area contributed by atoms with Crippen LogP contribution in [0, 0.1) is 12.3 Å². The van der Waals surface area contributed by atoms with Gasteiger partial charge >= 0.3 is 0 Å². The topological polar surface area (TPSA) is 71.8 Å². The highest BCUT2D eigenvalue weighted by Crippen LogP contribution is 2.40. The normalized spacial score (nSPS) is 20.6.